The highest BCUT2D eigenvalue weighted by Crippen LogP contribution is 2.31. The van der Waals surface area contributed by atoms with Gasteiger partial charge < -0.3 is 10.1 Å². The fourth-order valence-corrected chi connectivity index (χ4v) is 3.09. The van der Waals surface area contributed by atoms with Crippen molar-refractivity contribution < 1.29 is 4.74 Å². The smallest absolute Gasteiger partial charge is 0.124 e. The lowest BCUT2D eigenvalue weighted by molar-refractivity contribution is 0.121. The van der Waals surface area contributed by atoms with Crippen LogP contribution in [0.2, 0.25) is 5.02 Å². The number of nitrogens with one attached hydrogen (secondary N) is 1. The first-order valence-corrected chi connectivity index (χ1v) is 7.70. The lowest BCUT2D eigenvalue weighted by Crippen LogP contribution is -2.25. The van der Waals surface area contributed by atoms with E-state index in [0.717, 1.165) is 28.8 Å². The highest BCUT2D eigenvalue weighted by molar-refractivity contribution is 6.30. The monoisotopic (exact) mass is 281 g/mol. The molecule has 0 aromatic heterocycles. The Bertz CT molecular complexity index is 408. The molecular formula is C16H24ClNO. The third-order valence-electron chi connectivity index (χ3n) is 4.00. The Hall–Kier alpha value is -0.730. The van der Waals surface area contributed by atoms with Gasteiger partial charge in [-0.25, -0.2) is 0 Å². The summed E-state index contributed by atoms with van der Waals surface area (Å²) in [6.07, 6.45) is 6.66. The molecule has 106 valence electrons. The summed E-state index contributed by atoms with van der Waals surface area (Å²) in [5, 5.41) is 3.94. The van der Waals surface area contributed by atoms with Gasteiger partial charge in [0.2, 0.25) is 0 Å². The second-order valence-electron chi connectivity index (χ2n) is 5.46. The zero-order chi connectivity index (χ0) is 13.7. The Morgan fingerprint density at radius 3 is 2.95 bits per heavy atom. The van der Waals surface area contributed by atoms with Gasteiger partial charge in [0, 0.05) is 17.1 Å². The van der Waals surface area contributed by atoms with Gasteiger partial charge in [-0.1, -0.05) is 31.4 Å². The largest absolute Gasteiger partial charge is 0.490 e. The van der Waals surface area contributed by atoms with Crippen molar-refractivity contribution in [2.24, 2.45) is 5.92 Å². The van der Waals surface area contributed by atoms with Gasteiger partial charge in [0.25, 0.3) is 0 Å². The molecule has 1 aromatic carbocycles. The van der Waals surface area contributed by atoms with E-state index < -0.39 is 0 Å². The average Bonchev–Trinajstić information content (AvgIpc) is 2.42. The second kappa shape index (κ2) is 7.16. The summed E-state index contributed by atoms with van der Waals surface area (Å²) >= 11 is 6.06. The molecule has 0 radical (unpaired) electrons. The minimum Gasteiger partial charge on any atom is -0.490 e. The number of hydrogen-bond donors (Lipinski definition) is 1. The van der Waals surface area contributed by atoms with Crippen molar-refractivity contribution in [1.29, 1.82) is 0 Å². The molecule has 0 amide bonds. The van der Waals surface area contributed by atoms with Gasteiger partial charge >= 0.3 is 0 Å². The molecule has 2 atom stereocenters. The number of halogens is 1. The molecule has 2 unspecified atom stereocenters. The van der Waals surface area contributed by atoms with Crippen molar-refractivity contribution >= 4 is 11.6 Å². The molecule has 19 heavy (non-hydrogen) atoms. The van der Waals surface area contributed by atoms with E-state index in [1.807, 2.05) is 25.2 Å². The molecule has 0 aliphatic heterocycles. The quantitative estimate of drug-likeness (QED) is 0.863. The zero-order valence-corrected chi connectivity index (χ0v) is 12.7. The normalized spacial score (nSPS) is 23.3. The van der Waals surface area contributed by atoms with Crippen LogP contribution >= 0.6 is 11.6 Å². The first kappa shape index (κ1) is 14.7. The molecular weight excluding hydrogens is 258 g/mol. The van der Waals surface area contributed by atoms with Crippen molar-refractivity contribution in [3.05, 3.63) is 28.8 Å². The van der Waals surface area contributed by atoms with Crippen LogP contribution in [0.15, 0.2) is 18.2 Å². The Morgan fingerprint density at radius 2 is 2.21 bits per heavy atom. The Morgan fingerprint density at radius 1 is 1.37 bits per heavy atom. The lowest BCUT2D eigenvalue weighted by Gasteiger charge is -2.29. The van der Waals surface area contributed by atoms with E-state index in [0.29, 0.717) is 6.10 Å². The van der Waals surface area contributed by atoms with Crippen LogP contribution in [-0.4, -0.2) is 13.2 Å². The Balaban J connectivity index is 2.05. The minimum atomic E-state index is 0.371. The maximum Gasteiger partial charge on any atom is 0.124 e. The van der Waals surface area contributed by atoms with Gasteiger partial charge in [-0.3, -0.25) is 0 Å². The van der Waals surface area contributed by atoms with Gasteiger partial charge in [-0.05, 0) is 50.4 Å². The number of hydrogen-bond acceptors (Lipinski definition) is 2. The maximum atomic E-state index is 6.23. The summed E-state index contributed by atoms with van der Waals surface area (Å²) < 4.78 is 6.23. The molecule has 2 nitrogen and oxygen atoms in total. The van der Waals surface area contributed by atoms with Crippen LogP contribution in [-0.2, 0) is 6.54 Å². The average molecular weight is 282 g/mol. The third kappa shape index (κ3) is 4.12. The highest BCUT2D eigenvalue weighted by Gasteiger charge is 2.22. The van der Waals surface area contributed by atoms with Crippen molar-refractivity contribution in [2.45, 2.75) is 51.7 Å². The summed E-state index contributed by atoms with van der Waals surface area (Å²) in [5.41, 5.74) is 1.15. The summed E-state index contributed by atoms with van der Waals surface area (Å²) in [7, 11) is 1.94. The molecule has 1 aliphatic rings. The van der Waals surface area contributed by atoms with Crippen molar-refractivity contribution in [2.75, 3.05) is 7.05 Å². The first-order valence-electron chi connectivity index (χ1n) is 7.32. The molecule has 1 aromatic rings. The number of rotatable bonds is 5. The maximum absolute atomic E-state index is 6.23. The fourth-order valence-electron chi connectivity index (χ4n) is 2.89. The molecule has 0 bridgehead atoms. The van der Waals surface area contributed by atoms with Gasteiger partial charge in [0.05, 0.1) is 6.10 Å². The van der Waals surface area contributed by atoms with E-state index in [9.17, 15) is 0 Å². The summed E-state index contributed by atoms with van der Waals surface area (Å²) in [4.78, 5) is 0. The fraction of sp³-hybridized carbons (Fsp3) is 0.625. The van der Waals surface area contributed by atoms with E-state index in [1.165, 1.54) is 32.1 Å². The Kier molecular flexibility index (Phi) is 5.53. The molecule has 0 saturated heterocycles. The molecule has 1 aliphatic carbocycles. The minimum absolute atomic E-state index is 0.371. The lowest BCUT2D eigenvalue weighted by atomic mass is 9.85. The van der Waals surface area contributed by atoms with Gasteiger partial charge in [0.15, 0.2) is 0 Å². The van der Waals surface area contributed by atoms with Crippen LogP contribution < -0.4 is 10.1 Å². The number of ether oxygens (including phenoxy) is 1. The van der Waals surface area contributed by atoms with Crippen LogP contribution in [0.1, 0.15) is 44.6 Å². The van der Waals surface area contributed by atoms with Crippen LogP contribution in [0.3, 0.4) is 0 Å². The molecule has 0 spiro atoms. The SMILES string of the molecule is CCC1CCCC(Oc2ccc(Cl)cc2CNC)C1. The van der Waals surface area contributed by atoms with Crippen LogP contribution in [0.25, 0.3) is 0 Å². The molecule has 0 heterocycles. The predicted molar refractivity (Wildman–Crippen MR) is 80.9 cm³/mol. The molecule has 1 N–H and O–H groups in total. The van der Waals surface area contributed by atoms with E-state index in [1.54, 1.807) is 0 Å². The molecule has 1 fully saturated rings. The van der Waals surface area contributed by atoms with Crippen LogP contribution in [0.4, 0.5) is 0 Å². The van der Waals surface area contributed by atoms with E-state index >= 15 is 0 Å². The summed E-state index contributed by atoms with van der Waals surface area (Å²) in [6, 6.07) is 5.91. The van der Waals surface area contributed by atoms with E-state index in [-0.39, 0.29) is 0 Å². The van der Waals surface area contributed by atoms with Crippen molar-refractivity contribution in [3.63, 3.8) is 0 Å². The van der Waals surface area contributed by atoms with E-state index in [2.05, 4.69) is 12.2 Å². The van der Waals surface area contributed by atoms with E-state index in [4.69, 9.17) is 16.3 Å². The van der Waals surface area contributed by atoms with Gasteiger partial charge in [-0.15, -0.1) is 0 Å². The van der Waals surface area contributed by atoms with Gasteiger partial charge in [-0.2, -0.15) is 0 Å². The number of benzene rings is 1. The topological polar surface area (TPSA) is 21.3 Å². The Labute approximate surface area is 121 Å². The van der Waals surface area contributed by atoms with Crippen molar-refractivity contribution in [3.8, 4) is 5.75 Å². The highest BCUT2D eigenvalue weighted by atomic mass is 35.5. The second-order valence-corrected chi connectivity index (χ2v) is 5.90. The third-order valence-corrected chi connectivity index (χ3v) is 4.23. The van der Waals surface area contributed by atoms with Crippen molar-refractivity contribution in [1.82, 2.24) is 5.32 Å². The first-order chi connectivity index (χ1) is 9.22. The summed E-state index contributed by atoms with van der Waals surface area (Å²) in [5.74, 6) is 1.82. The van der Waals surface area contributed by atoms with Crippen LogP contribution in [0, 0.1) is 5.92 Å². The summed E-state index contributed by atoms with van der Waals surface area (Å²) in [6.45, 7) is 3.07. The molecule has 2 rings (SSSR count). The molecule has 3 heteroatoms. The predicted octanol–water partition coefficient (Wildman–Crippen LogP) is 4.41. The van der Waals surface area contributed by atoms with Crippen LogP contribution in [0.5, 0.6) is 5.75 Å². The van der Waals surface area contributed by atoms with Gasteiger partial charge in [0.1, 0.15) is 5.75 Å². The standard InChI is InChI=1S/C16H24ClNO/c1-3-12-5-4-6-15(9-12)19-16-8-7-14(17)10-13(16)11-18-2/h7-8,10,12,15,18H,3-6,9,11H2,1-2H3. The molecule has 1 saturated carbocycles. The zero-order valence-electron chi connectivity index (χ0n) is 11.9.